The van der Waals surface area contributed by atoms with E-state index in [1.54, 1.807) is 0 Å². The lowest BCUT2D eigenvalue weighted by atomic mass is 10.00. The second-order valence-electron chi connectivity index (χ2n) is 5.26. The first-order valence-corrected chi connectivity index (χ1v) is 6.73. The van der Waals surface area contributed by atoms with E-state index in [4.69, 9.17) is 5.73 Å². The Balaban J connectivity index is 2.07. The predicted molar refractivity (Wildman–Crippen MR) is 74.3 cm³/mol. The van der Waals surface area contributed by atoms with Crippen LogP contribution in [-0.2, 0) is 0 Å². The first-order valence-electron chi connectivity index (χ1n) is 6.73. The van der Waals surface area contributed by atoms with Crippen LogP contribution in [0.3, 0.4) is 0 Å². The third-order valence-electron chi connectivity index (χ3n) is 3.98. The number of likely N-dealkylation sites (tertiary alicyclic amines) is 1. The van der Waals surface area contributed by atoms with Gasteiger partial charge in [-0.2, -0.15) is 0 Å². The summed E-state index contributed by atoms with van der Waals surface area (Å²) in [6, 6.07) is 5.04. The second-order valence-corrected chi connectivity index (χ2v) is 5.26. The number of pyridine rings is 1. The number of hydrogen-bond donors (Lipinski definition) is 1. The van der Waals surface area contributed by atoms with Gasteiger partial charge >= 0.3 is 0 Å². The summed E-state index contributed by atoms with van der Waals surface area (Å²) in [5.74, 6) is 0. The van der Waals surface area contributed by atoms with Gasteiger partial charge in [0.25, 0.3) is 0 Å². The minimum absolute atomic E-state index is 0.296. The van der Waals surface area contributed by atoms with Crippen LogP contribution in [0.5, 0.6) is 0 Å². The maximum atomic E-state index is 5.97. The Morgan fingerprint density at radius 1 is 1.50 bits per heavy atom. The van der Waals surface area contributed by atoms with E-state index in [0.29, 0.717) is 18.6 Å². The average molecular weight is 248 g/mol. The van der Waals surface area contributed by atoms with Crippen molar-refractivity contribution in [3.05, 3.63) is 30.1 Å². The maximum absolute atomic E-state index is 5.97. The summed E-state index contributed by atoms with van der Waals surface area (Å²) in [6.07, 6.45) is 6.24. The van der Waals surface area contributed by atoms with Crippen LogP contribution in [0.15, 0.2) is 24.5 Å². The summed E-state index contributed by atoms with van der Waals surface area (Å²) in [7, 11) is 4.39. The highest BCUT2D eigenvalue weighted by atomic mass is 15.2. The minimum atomic E-state index is 0.296. The van der Waals surface area contributed by atoms with Gasteiger partial charge in [0, 0.05) is 37.6 Å². The summed E-state index contributed by atoms with van der Waals surface area (Å²) in [5.41, 5.74) is 7.24. The van der Waals surface area contributed by atoms with Gasteiger partial charge in [0.2, 0.25) is 0 Å². The first kappa shape index (κ1) is 13.5. The van der Waals surface area contributed by atoms with Crippen LogP contribution in [0.2, 0.25) is 0 Å². The van der Waals surface area contributed by atoms with Crippen LogP contribution in [-0.4, -0.2) is 54.6 Å². The number of nitrogens with two attached hydrogens (primary N) is 1. The van der Waals surface area contributed by atoms with Gasteiger partial charge in [0.05, 0.1) is 0 Å². The molecule has 1 aromatic rings. The van der Waals surface area contributed by atoms with Gasteiger partial charge in [-0.1, -0.05) is 0 Å². The van der Waals surface area contributed by atoms with Gasteiger partial charge in [0.15, 0.2) is 0 Å². The number of nitrogens with zero attached hydrogens (tertiary/aromatic N) is 3. The average Bonchev–Trinajstić information content (AvgIpc) is 2.41. The monoisotopic (exact) mass is 248 g/mol. The Morgan fingerprint density at radius 3 is 2.83 bits per heavy atom. The van der Waals surface area contributed by atoms with Crippen LogP contribution in [0.4, 0.5) is 0 Å². The van der Waals surface area contributed by atoms with Crippen LogP contribution in [0.25, 0.3) is 0 Å². The molecule has 2 atom stereocenters. The SMILES string of the molecule is CN1CCCC(N(C)C(CN)c2ccncc2)C1. The molecule has 18 heavy (non-hydrogen) atoms. The number of piperidine rings is 1. The topological polar surface area (TPSA) is 45.4 Å². The van der Waals surface area contributed by atoms with Crippen molar-refractivity contribution in [3.8, 4) is 0 Å². The molecule has 2 heterocycles. The molecule has 0 bridgehead atoms. The summed E-state index contributed by atoms with van der Waals surface area (Å²) >= 11 is 0. The van der Waals surface area contributed by atoms with E-state index in [9.17, 15) is 0 Å². The molecule has 1 aromatic heterocycles. The van der Waals surface area contributed by atoms with E-state index in [2.05, 4.69) is 41.0 Å². The van der Waals surface area contributed by atoms with E-state index < -0.39 is 0 Å². The normalized spacial score (nSPS) is 23.2. The molecule has 0 spiro atoms. The first-order chi connectivity index (χ1) is 8.72. The van der Waals surface area contributed by atoms with Crippen LogP contribution >= 0.6 is 0 Å². The van der Waals surface area contributed by atoms with Crippen molar-refractivity contribution in [1.82, 2.24) is 14.8 Å². The van der Waals surface area contributed by atoms with Crippen LogP contribution in [0.1, 0.15) is 24.4 Å². The van der Waals surface area contributed by atoms with Gasteiger partial charge in [-0.05, 0) is 51.2 Å². The van der Waals surface area contributed by atoms with Crippen molar-refractivity contribution in [2.24, 2.45) is 5.73 Å². The summed E-state index contributed by atoms with van der Waals surface area (Å²) in [5, 5.41) is 0. The van der Waals surface area contributed by atoms with Crippen LogP contribution in [0, 0.1) is 0 Å². The fourth-order valence-electron chi connectivity index (χ4n) is 2.85. The fourth-order valence-corrected chi connectivity index (χ4v) is 2.85. The zero-order valence-corrected chi connectivity index (χ0v) is 11.4. The highest BCUT2D eigenvalue weighted by Gasteiger charge is 2.26. The lowest BCUT2D eigenvalue weighted by Crippen LogP contribution is -2.47. The number of aromatic nitrogens is 1. The Hall–Kier alpha value is -0.970. The molecular formula is C14H24N4. The number of hydrogen-bond acceptors (Lipinski definition) is 4. The number of rotatable bonds is 4. The van der Waals surface area contributed by atoms with E-state index in [0.717, 1.165) is 6.54 Å². The van der Waals surface area contributed by atoms with Crippen molar-refractivity contribution in [1.29, 1.82) is 0 Å². The lowest BCUT2D eigenvalue weighted by molar-refractivity contribution is 0.101. The third kappa shape index (κ3) is 3.07. The van der Waals surface area contributed by atoms with E-state index >= 15 is 0 Å². The van der Waals surface area contributed by atoms with E-state index in [-0.39, 0.29) is 0 Å². The molecule has 2 N–H and O–H groups in total. The highest BCUT2D eigenvalue weighted by molar-refractivity contribution is 5.16. The van der Waals surface area contributed by atoms with Gasteiger partial charge in [0.1, 0.15) is 0 Å². The molecule has 0 saturated carbocycles. The number of likely N-dealkylation sites (N-methyl/N-ethyl adjacent to an activating group) is 2. The summed E-state index contributed by atoms with van der Waals surface area (Å²) < 4.78 is 0. The molecule has 2 unspecified atom stereocenters. The van der Waals surface area contributed by atoms with E-state index in [1.165, 1.54) is 24.9 Å². The standard InChI is InChI=1S/C14H24N4/c1-17-9-3-4-13(11-17)18(2)14(10-15)12-5-7-16-8-6-12/h5-8,13-14H,3-4,9-11,15H2,1-2H3. The van der Waals surface area contributed by atoms with Crippen molar-refractivity contribution in [2.75, 3.05) is 33.7 Å². The second kappa shape index (κ2) is 6.27. The van der Waals surface area contributed by atoms with Crippen molar-refractivity contribution in [2.45, 2.75) is 24.9 Å². The highest BCUT2D eigenvalue weighted by Crippen LogP contribution is 2.23. The molecule has 1 saturated heterocycles. The Labute approximate surface area is 110 Å². The Bertz CT molecular complexity index is 354. The summed E-state index contributed by atoms with van der Waals surface area (Å²) in [4.78, 5) is 8.92. The molecule has 1 aliphatic heterocycles. The van der Waals surface area contributed by atoms with Crippen LogP contribution < -0.4 is 5.73 Å². The predicted octanol–water partition coefficient (Wildman–Crippen LogP) is 1.11. The van der Waals surface area contributed by atoms with E-state index in [1.807, 2.05) is 12.4 Å². The van der Waals surface area contributed by atoms with Crippen molar-refractivity contribution < 1.29 is 0 Å². The zero-order valence-electron chi connectivity index (χ0n) is 11.4. The molecule has 0 radical (unpaired) electrons. The Morgan fingerprint density at radius 2 is 2.22 bits per heavy atom. The quantitative estimate of drug-likeness (QED) is 0.867. The van der Waals surface area contributed by atoms with Gasteiger partial charge in [-0.3, -0.25) is 9.88 Å². The molecule has 1 aliphatic rings. The molecule has 4 nitrogen and oxygen atoms in total. The van der Waals surface area contributed by atoms with Crippen molar-refractivity contribution >= 4 is 0 Å². The molecule has 4 heteroatoms. The molecule has 1 fully saturated rings. The smallest absolute Gasteiger partial charge is 0.0472 e. The zero-order chi connectivity index (χ0) is 13.0. The largest absolute Gasteiger partial charge is 0.329 e. The maximum Gasteiger partial charge on any atom is 0.0472 e. The molecule has 0 aliphatic carbocycles. The minimum Gasteiger partial charge on any atom is -0.329 e. The Kier molecular flexibility index (Phi) is 4.69. The molecule has 0 aromatic carbocycles. The lowest BCUT2D eigenvalue weighted by Gasteiger charge is -2.39. The van der Waals surface area contributed by atoms with Crippen molar-refractivity contribution in [3.63, 3.8) is 0 Å². The van der Waals surface area contributed by atoms with Gasteiger partial charge in [-0.25, -0.2) is 0 Å². The molecule has 100 valence electrons. The van der Waals surface area contributed by atoms with Gasteiger partial charge < -0.3 is 10.6 Å². The fraction of sp³-hybridized carbons (Fsp3) is 0.643. The molecular weight excluding hydrogens is 224 g/mol. The molecule has 0 amide bonds. The summed E-state index contributed by atoms with van der Waals surface area (Å²) in [6.45, 7) is 3.01. The third-order valence-corrected chi connectivity index (χ3v) is 3.98. The molecule has 2 rings (SSSR count). The van der Waals surface area contributed by atoms with Gasteiger partial charge in [-0.15, -0.1) is 0 Å².